The van der Waals surface area contributed by atoms with Crippen molar-refractivity contribution in [2.75, 3.05) is 6.61 Å². The zero-order valence-corrected chi connectivity index (χ0v) is 18.9. The Hall–Kier alpha value is -4.19. The van der Waals surface area contributed by atoms with Crippen molar-refractivity contribution in [3.8, 4) is 5.75 Å². The molecule has 3 heterocycles. The highest BCUT2D eigenvalue weighted by Crippen LogP contribution is 2.28. The number of aryl methyl sites for hydroxylation is 1. The number of nitrogens with zero attached hydrogens (tertiary/aromatic N) is 4. The van der Waals surface area contributed by atoms with Crippen molar-refractivity contribution in [3.63, 3.8) is 0 Å². The summed E-state index contributed by atoms with van der Waals surface area (Å²) in [6, 6.07) is 23.8. The zero-order valence-electron chi connectivity index (χ0n) is 18.9. The summed E-state index contributed by atoms with van der Waals surface area (Å²) in [7, 11) is 2.00. The molecule has 0 atom stereocenters. The molecule has 6 heteroatoms. The summed E-state index contributed by atoms with van der Waals surface area (Å²) in [5, 5.41) is 0.854. The first-order valence-electron chi connectivity index (χ1n) is 11.5. The third-order valence-corrected chi connectivity index (χ3v) is 6.51. The van der Waals surface area contributed by atoms with Crippen molar-refractivity contribution < 1.29 is 9.53 Å². The number of benzene rings is 3. The highest BCUT2D eigenvalue weighted by Gasteiger charge is 2.22. The van der Waals surface area contributed by atoms with E-state index in [4.69, 9.17) is 9.72 Å². The summed E-state index contributed by atoms with van der Waals surface area (Å²) in [5.74, 6) is 1.75. The van der Waals surface area contributed by atoms with Crippen molar-refractivity contribution >= 4 is 27.8 Å². The molecule has 3 aromatic carbocycles. The SMILES string of the molecule is Cn1c(CN(Cc2ccc3c(c2)CCO3)C(=O)c2ccnc3ccccc23)nc2ccccc21. The molecule has 0 N–H and O–H groups in total. The predicted octanol–water partition coefficient (Wildman–Crippen LogP) is 4.90. The number of amides is 1. The predicted molar refractivity (Wildman–Crippen MR) is 132 cm³/mol. The van der Waals surface area contributed by atoms with Crippen molar-refractivity contribution in [1.82, 2.24) is 19.4 Å². The van der Waals surface area contributed by atoms with Crippen LogP contribution in [0.2, 0.25) is 0 Å². The molecule has 0 saturated heterocycles. The molecule has 1 aliphatic rings. The number of carbonyl (C=O) groups is 1. The summed E-state index contributed by atoms with van der Waals surface area (Å²) in [6.45, 7) is 1.59. The van der Waals surface area contributed by atoms with Gasteiger partial charge in [0.05, 0.1) is 35.3 Å². The van der Waals surface area contributed by atoms with Crippen LogP contribution in [0.15, 0.2) is 79.0 Å². The van der Waals surface area contributed by atoms with E-state index in [1.54, 1.807) is 6.20 Å². The summed E-state index contributed by atoms with van der Waals surface area (Å²) >= 11 is 0. The first-order valence-corrected chi connectivity index (χ1v) is 11.5. The van der Waals surface area contributed by atoms with E-state index in [0.29, 0.717) is 25.3 Å². The van der Waals surface area contributed by atoms with E-state index in [1.165, 1.54) is 5.56 Å². The molecule has 168 valence electrons. The first-order chi connectivity index (χ1) is 16.7. The number of imidazole rings is 1. The van der Waals surface area contributed by atoms with Crippen LogP contribution < -0.4 is 4.74 Å². The number of aromatic nitrogens is 3. The number of carbonyl (C=O) groups excluding carboxylic acids is 1. The van der Waals surface area contributed by atoms with E-state index in [9.17, 15) is 4.79 Å². The number of ether oxygens (including phenoxy) is 1. The van der Waals surface area contributed by atoms with Crippen LogP contribution >= 0.6 is 0 Å². The van der Waals surface area contributed by atoms with Gasteiger partial charge in [0.2, 0.25) is 0 Å². The van der Waals surface area contributed by atoms with Gasteiger partial charge >= 0.3 is 0 Å². The minimum atomic E-state index is -0.0394. The van der Waals surface area contributed by atoms with Gasteiger partial charge in [0.1, 0.15) is 11.6 Å². The van der Waals surface area contributed by atoms with Crippen LogP contribution in [0, 0.1) is 0 Å². The minimum absolute atomic E-state index is 0.0394. The lowest BCUT2D eigenvalue weighted by Gasteiger charge is -2.24. The molecule has 2 aromatic heterocycles. The Balaban J connectivity index is 1.41. The minimum Gasteiger partial charge on any atom is -0.493 e. The number of fused-ring (bicyclic) bond motifs is 3. The molecular weight excluding hydrogens is 424 g/mol. The Labute approximate surface area is 197 Å². The normalized spacial score (nSPS) is 12.6. The quantitative estimate of drug-likeness (QED) is 0.384. The largest absolute Gasteiger partial charge is 0.493 e. The van der Waals surface area contributed by atoms with E-state index in [-0.39, 0.29) is 5.91 Å². The molecule has 0 aliphatic carbocycles. The molecule has 0 radical (unpaired) electrons. The number of para-hydroxylation sites is 3. The average molecular weight is 449 g/mol. The van der Waals surface area contributed by atoms with Crippen LogP contribution in [0.5, 0.6) is 5.75 Å². The van der Waals surface area contributed by atoms with E-state index in [0.717, 1.165) is 45.5 Å². The topological polar surface area (TPSA) is 60.2 Å². The van der Waals surface area contributed by atoms with Gasteiger partial charge in [-0.2, -0.15) is 0 Å². The Morgan fingerprint density at radius 2 is 1.82 bits per heavy atom. The molecule has 1 aliphatic heterocycles. The third-order valence-electron chi connectivity index (χ3n) is 6.51. The van der Waals surface area contributed by atoms with Crippen molar-refractivity contribution in [1.29, 1.82) is 0 Å². The number of rotatable bonds is 5. The van der Waals surface area contributed by atoms with Crippen molar-refractivity contribution in [2.24, 2.45) is 7.05 Å². The molecule has 0 spiro atoms. The van der Waals surface area contributed by atoms with Crippen LogP contribution in [-0.4, -0.2) is 31.9 Å². The van der Waals surface area contributed by atoms with Gasteiger partial charge in [-0.15, -0.1) is 0 Å². The second-order valence-corrected chi connectivity index (χ2v) is 8.65. The van der Waals surface area contributed by atoms with Crippen LogP contribution in [0.4, 0.5) is 0 Å². The standard InChI is InChI=1S/C28H24N4O2/c1-31-25-9-5-4-8-24(25)30-27(31)18-32(17-19-10-11-26-20(16-19)13-15-34-26)28(33)22-12-14-29-23-7-3-2-6-21(22)23/h2-12,14,16H,13,15,17-18H2,1H3. The van der Waals surface area contributed by atoms with Gasteiger partial charge in [-0.1, -0.05) is 42.5 Å². The van der Waals surface area contributed by atoms with Crippen LogP contribution in [0.25, 0.3) is 21.9 Å². The second kappa shape index (κ2) is 8.30. The van der Waals surface area contributed by atoms with Gasteiger partial charge in [0, 0.05) is 31.6 Å². The molecule has 0 fully saturated rings. The van der Waals surface area contributed by atoms with E-state index in [2.05, 4.69) is 21.7 Å². The molecule has 1 amide bonds. The number of pyridine rings is 1. The van der Waals surface area contributed by atoms with Crippen LogP contribution in [0.3, 0.4) is 0 Å². The maximum atomic E-state index is 14.0. The van der Waals surface area contributed by atoms with Crippen molar-refractivity contribution in [3.05, 3.63) is 102 Å². The van der Waals surface area contributed by atoms with Gasteiger partial charge in [0.25, 0.3) is 5.91 Å². The summed E-state index contributed by atoms with van der Waals surface area (Å²) in [4.78, 5) is 25.1. The Kier molecular flexibility index (Phi) is 4.99. The molecule has 0 saturated carbocycles. The average Bonchev–Trinajstić information content (AvgIpc) is 3.47. The molecule has 6 nitrogen and oxygen atoms in total. The molecule has 5 aromatic rings. The lowest BCUT2D eigenvalue weighted by Crippen LogP contribution is -2.31. The lowest BCUT2D eigenvalue weighted by atomic mass is 10.1. The molecule has 0 unspecified atom stereocenters. The fraction of sp³-hybridized carbons (Fsp3) is 0.179. The molecule has 34 heavy (non-hydrogen) atoms. The van der Waals surface area contributed by atoms with Gasteiger partial charge in [-0.05, 0) is 41.5 Å². The highest BCUT2D eigenvalue weighted by molar-refractivity contribution is 6.05. The fourth-order valence-electron chi connectivity index (χ4n) is 4.72. The third kappa shape index (κ3) is 3.57. The highest BCUT2D eigenvalue weighted by atomic mass is 16.5. The van der Waals surface area contributed by atoms with Gasteiger partial charge in [-0.25, -0.2) is 4.98 Å². The molecular formula is C28H24N4O2. The van der Waals surface area contributed by atoms with Crippen LogP contribution in [-0.2, 0) is 26.6 Å². The Morgan fingerprint density at radius 1 is 1.00 bits per heavy atom. The fourth-order valence-corrected chi connectivity index (χ4v) is 4.72. The summed E-state index contributed by atoms with van der Waals surface area (Å²) in [6.07, 6.45) is 2.60. The second-order valence-electron chi connectivity index (χ2n) is 8.65. The number of hydrogen-bond donors (Lipinski definition) is 0. The first kappa shape index (κ1) is 20.4. The zero-order chi connectivity index (χ0) is 23.1. The van der Waals surface area contributed by atoms with E-state index in [1.807, 2.05) is 72.6 Å². The monoisotopic (exact) mass is 448 g/mol. The smallest absolute Gasteiger partial charge is 0.255 e. The summed E-state index contributed by atoms with van der Waals surface area (Å²) < 4.78 is 7.73. The van der Waals surface area contributed by atoms with Gasteiger partial charge < -0.3 is 14.2 Å². The van der Waals surface area contributed by atoms with E-state index < -0.39 is 0 Å². The van der Waals surface area contributed by atoms with E-state index >= 15 is 0 Å². The Morgan fingerprint density at radius 3 is 2.71 bits per heavy atom. The maximum Gasteiger partial charge on any atom is 0.255 e. The molecule has 6 rings (SSSR count). The van der Waals surface area contributed by atoms with Crippen LogP contribution in [0.1, 0.15) is 27.3 Å². The van der Waals surface area contributed by atoms with Crippen molar-refractivity contribution in [2.45, 2.75) is 19.5 Å². The Bertz CT molecular complexity index is 1530. The maximum absolute atomic E-state index is 14.0. The number of hydrogen-bond acceptors (Lipinski definition) is 4. The van der Waals surface area contributed by atoms with Gasteiger partial charge in [0.15, 0.2) is 0 Å². The molecule has 0 bridgehead atoms. The van der Waals surface area contributed by atoms with Gasteiger partial charge in [-0.3, -0.25) is 9.78 Å². The summed E-state index contributed by atoms with van der Waals surface area (Å²) in [5.41, 5.74) is 5.71. The lowest BCUT2D eigenvalue weighted by molar-refractivity contribution is 0.0726.